The lowest BCUT2D eigenvalue weighted by molar-refractivity contribution is -0.159. The third-order valence-electron chi connectivity index (χ3n) is 5.72. The molecule has 2 atom stereocenters. The minimum Gasteiger partial charge on any atom is -0.484 e. The van der Waals surface area contributed by atoms with Crippen LogP contribution in [0, 0.1) is 0 Å². The van der Waals surface area contributed by atoms with Gasteiger partial charge in [-0.15, -0.1) is 0 Å². The number of nitrogens with zero attached hydrogens (tertiary/aromatic N) is 1. The number of hydrogen-bond acceptors (Lipinski definition) is 8. The fraction of sp³-hybridized carbons (Fsp3) is 0.292. The Morgan fingerprint density at radius 2 is 1.66 bits per heavy atom. The first-order chi connectivity index (χ1) is 18.0. The summed E-state index contributed by atoms with van der Waals surface area (Å²) in [7, 11) is -6.12. The van der Waals surface area contributed by atoms with Crippen LogP contribution in [0.4, 0.5) is 13.2 Å². The van der Waals surface area contributed by atoms with Crippen molar-refractivity contribution in [2.75, 3.05) is 6.61 Å². The molecular weight excluding hydrogens is 533 g/mol. The highest BCUT2D eigenvalue weighted by Gasteiger charge is 2.56. The van der Waals surface area contributed by atoms with Gasteiger partial charge in [-0.2, -0.15) is 21.6 Å². The molecule has 2 aromatic rings. The van der Waals surface area contributed by atoms with Crippen molar-refractivity contribution in [1.82, 2.24) is 10.2 Å². The molecule has 14 heteroatoms. The van der Waals surface area contributed by atoms with Crippen LogP contribution in [0.2, 0.25) is 0 Å². The largest absolute Gasteiger partial charge is 0.534 e. The SMILES string of the molecule is O=C(COc1ccccc1)N[C@@H]1C(=O)N2C(C(=O)OCc3ccccc3)=C(OS(=O)(=O)C(F)(F)F)CC[C@@H]12. The number of esters is 1. The van der Waals surface area contributed by atoms with Gasteiger partial charge in [-0.3, -0.25) is 14.5 Å². The van der Waals surface area contributed by atoms with Crippen LogP contribution in [-0.4, -0.2) is 55.3 Å². The molecule has 0 aromatic heterocycles. The van der Waals surface area contributed by atoms with Crippen molar-refractivity contribution < 1.29 is 49.6 Å². The number of benzene rings is 2. The molecule has 1 saturated heterocycles. The van der Waals surface area contributed by atoms with Crippen LogP contribution in [-0.2, 0) is 40.0 Å². The van der Waals surface area contributed by atoms with Crippen LogP contribution in [0.25, 0.3) is 0 Å². The van der Waals surface area contributed by atoms with Gasteiger partial charge in [0, 0.05) is 6.42 Å². The highest BCUT2D eigenvalue weighted by molar-refractivity contribution is 7.87. The van der Waals surface area contributed by atoms with Crippen molar-refractivity contribution >= 4 is 27.9 Å². The number of rotatable bonds is 9. The molecule has 4 rings (SSSR count). The predicted octanol–water partition coefficient (Wildman–Crippen LogP) is 2.38. The number of ether oxygens (including phenoxy) is 2. The van der Waals surface area contributed by atoms with Crippen molar-refractivity contribution in [3.8, 4) is 5.75 Å². The van der Waals surface area contributed by atoms with Crippen molar-refractivity contribution in [3.63, 3.8) is 0 Å². The molecule has 0 saturated carbocycles. The molecule has 0 spiro atoms. The van der Waals surface area contributed by atoms with Crippen LogP contribution >= 0.6 is 0 Å². The number of alkyl halides is 3. The van der Waals surface area contributed by atoms with Crippen molar-refractivity contribution in [1.29, 1.82) is 0 Å². The number of halogens is 3. The van der Waals surface area contributed by atoms with Gasteiger partial charge < -0.3 is 19.0 Å². The van der Waals surface area contributed by atoms with Gasteiger partial charge >= 0.3 is 21.6 Å². The summed E-state index contributed by atoms with van der Waals surface area (Å²) in [5, 5.41) is 2.47. The number of β-lactam (4-membered cyclic amide) rings is 1. The van der Waals surface area contributed by atoms with E-state index in [4.69, 9.17) is 9.47 Å². The van der Waals surface area contributed by atoms with Crippen molar-refractivity contribution in [2.24, 2.45) is 0 Å². The van der Waals surface area contributed by atoms with E-state index in [-0.39, 0.29) is 13.0 Å². The maximum atomic E-state index is 13.0. The van der Waals surface area contributed by atoms with Crippen LogP contribution in [0.3, 0.4) is 0 Å². The number of hydrogen-bond donors (Lipinski definition) is 1. The fourth-order valence-electron chi connectivity index (χ4n) is 3.95. The molecule has 38 heavy (non-hydrogen) atoms. The van der Waals surface area contributed by atoms with Gasteiger partial charge in [-0.05, 0) is 24.1 Å². The minimum atomic E-state index is -6.12. The van der Waals surface area contributed by atoms with Gasteiger partial charge in [0.1, 0.15) is 18.4 Å². The van der Waals surface area contributed by atoms with E-state index in [1.165, 1.54) is 0 Å². The molecule has 0 unspecified atom stereocenters. The maximum Gasteiger partial charge on any atom is 0.534 e. The van der Waals surface area contributed by atoms with E-state index in [0.29, 0.717) is 11.3 Å². The molecule has 0 radical (unpaired) electrons. The van der Waals surface area contributed by atoms with Crippen LogP contribution in [0.5, 0.6) is 5.75 Å². The third-order valence-corrected chi connectivity index (χ3v) is 6.71. The highest BCUT2D eigenvalue weighted by Crippen LogP contribution is 2.39. The first kappa shape index (κ1) is 27.0. The standard InChI is InChI=1S/C24H21F3N2O8S/c25-24(26,27)38(33,34)37-18-12-11-17-20(28-19(30)14-35-16-9-5-2-6-10-16)22(31)29(17)21(18)23(32)36-13-15-7-3-1-4-8-15/h1-10,17,20H,11-14H2,(H,28,30)/t17-,20-/m0/s1. The smallest absolute Gasteiger partial charge is 0.484 e. The summed E-state index contributed by atoms with van der Waals surface area (Å²) in [4.78, 5) is 38.9. The quantitative estimate of drug-likeness (QED) is 0.217. The second-order valence-electron chi connectivity index (χ2n) is 8.28. The molecule has 2 aliphatic rings. The van der Waals surface area contributed by atoms with E-state index in [2.05, 4.69) is 9.50 Å². The van der Waals surface area contributed by atoms with Crippen molar-refractivity contribution in [3.05, 3.63) is 77.7 Å². The van der Waals surface area contributed by atoms with Gasteiger partial charge in [0.05, 0.1) is 6.04 Å². The Balaban J connectivity index is 1.51. The zero-order chi connectivity index (χ0) is 27.5. The van der Waals surface area contributed by atoms with Gasteiger partial charge in [-0.1, -0.05) is 48.5 Å². The first-order valence-electron chi connectivity index (χ1n) is 11.2. The number of allylic oxidation sites excluding steroid dienone is 1. The zero-order valence-electron chi connectivity index (χ0n) is 19.5. The number of carbonyl (C=O) groups excluding carboxylic acids is 3. The first-order valence-corrected chi connectivity index (χ1v) is 12.6. The van der Waals surface area contributed by atoms with Crippen LogP contribution in [0.1, 0.15) is 18.4 Å². The van der Waals surface area contributed by atoms with Crippen molar-refractivity contribution in [2.45, 2.75) is 37.0 Å². The summed E-state index contributed by atoms with van der Waals surface area (Å²) < 4.78 is 76.9. The van der Waals surface area contributed by atoms with Crippen LogP contribution < -0.4 is 10.1 Å². The summed E-state index contributed by atoms with van der Waals surface area (Å²) in [5.41, 5.74) is -5.98. The Bertz CT molecular complexity index is 1350. The molecule has 202 valence electrons. The molecule has 2 aromatic carbocycles. The van der Waals surface area contributed by atoms with Gasteiger partial charge in [0.15, 0.2) is 18.1 Å². The summed E-state index contributed by atoms with van der Waals surface area (Å²) in [6.45, 7) is -0.716. The average molecular weight is 554 g/mol. The number of carbonyl (C=O) groups is 3. The lowest BCUT2D eigenvalue weighted by Crippen LogP contribution is -2.72. The van der Waals surface area contributed by atoms with E-state index < -0.39 is 70.0 Å². The molecule has 2 aliphatic heterocycles. The lowest BCUT2D eigenvalue weighted by atomic mass is 9.86. The number of amides is 2. The Hall–Kier alpha value is -4.07. The Morgan fingerprint density at radius 1 is 1.03 bits per heavy atom. The summed E-state index contributed by atoms with van der Waals surface area (Å²) in [6, 6.07) is 14.7. The van der Waals surface area contributed by atoms with E-state index in [9.17, 15) is 36.0 Å². The second-order valence-corrected chi connectivity index (χ2v) is 9.82. The molecular formula is C24H21F3N2O8S. The fourth-order valence-corrected chi connectivity index (χ4v) is 4.47. The Morgan fingerprint density at radius 3 is 2.29 bits per heavy atom. The zero-order valence-corrected chi connectivity index (χ0v) is 20.3. The highest BCUT2D eigenvalue weighted by atomic mass is 32.2. The molecule has 2 heterocycles. The second kappa shape index (κ2) is 10.7. The Labute approximate surface area is 215 Å². The van der Waals surface area contributed by atoms with E-state index in [0.717, 1.165) is 4.90 Å². The van der Waals surface area contributed by atoms with Gasteiger partial charge in [-0.25, -0.2) is 4.79 Å². The molecule has 2 amide bonds. The third kappa shape index (κ3) is 5.74. The lowest BCUT2D eigenvalue weighted by Gasteiger charge is -2.49. The number of nitrogens with one attached hydrogen (secondary N) is 1. The topological polar surface area (TPSA) is 128 Å². The monoisotopic (exact) mass is 554 g/mol. The summed E-state index contributed by atoms with van der Waals surface area (Å²) in [5.74, 6) is -3.20. The maximum absolute atomic E-state index is 13.0. The van der Waals surface area contributed by atoms with E-state index in [1.54, 1.807) is 60.7 Å². The molecule has 0 aliphatic carbocycles. The summed E-state index contributed by atoms with van der Waals surface area (Å²) >= 11 is 0. The number of para-hydroxylation sites is 1. The minimum absolute atomic E-state index is 0.0889. The molecule has 0 bridgehead atoms. The van der Waals surface area contributed by atoms with Gasteiger partial charge in [0.25, 0.3) is 11.8 Å². The molecule has 1 fully saturated rings. The number of fused-ring (bicyclic) bond motifs is 1. The summed E-state index contributed by atoms with van der Waals surface area (Å²) in [6.07, 6.45) is -0.527. The van der Waals surface area contributed by atoms with E-state index >= 15 is 0 Å². The Kier molecular flexibility index (Phi) is 7.62. The average Bonchev–Trinajstić information content (AvgIpc) is 2.89. The van der Waals surface area contributed by atoms with E-state index in [1.807, 2.05) is 0 Å². The normalized spacial score (nSPS) is 19.2. The van der Waals surface area contributed by atoms with Gasteiger partial charge in [0.2, 0.25) is 0 Å². The molecule has 1 N–H and O–H groups in total. The predicted molar refractivity (Wildman–Crippen MR) is 123 cm³/mol. The molecule has 10 nitrogen and oxygen atoms in total. The van der Waals surface area contributed by atoms with Crippen LogP contribution in [0.15, 0.2) is 72.1 Å².